The summed E-state index contributed by atoms with van der Waals surface area (Å²) in [5, 5.41) is 8.32. The number of anilines is 1. The van der Waals surface area contributed by atoms with Crippen LogP contribution in [0.15, 0.2) is 0 Å². The molecular formula is C18H32N4O2. The summed E-state index contributed by atoms with van der Waals surface area (Å²) in [6.45, 7) is 12.9. The second-order valence-corrected chi connectivity index (χ2v) is 7.37. The number of aryl methyl sites for hydroxylation is 2. The van der Waals surface area contributed by atoms with Crippen LogP contribution in [0.2, 0.25) is 0 Å². The molecule has 0 radical (unpaired) electrons. The van der Waals surface area contributed by atoms with Crippen LogP contribution in [-0.2, 0) is 23.1 Å². The summed E-state index contributed by atoms with van der Waals surface area (Å²) in [6.07, 6.45) is 1.56. The highest BCUT2D eigenvalue weighted by atomic mass is 16.5. The van der Waals surface area contributed by atoms with E-state index in [1.165, 1.54) is 11.4 Å². The van der Waals surface area contributed by atoms with Crippen LogP contribution in [0.3, 0.4) is 0 Å². The van der Waals surface area contributed by atoms with Crippen molar-refractivity contribution in [2.45, 2.75) is 39.8 Å². The summed E-state index contributed by atoms with van der Waals surface area (Å²) in [4.78, 5) is 2.40. The van der Waals surface area contributed by atoms with Crippen molar-refractivity contribution in [3.8, 4) is 0 Å². The molecule has 3 rings (SSSR count). The lowest BCUT2D eigenvalue weighted by atomic mass is 9.93. The minimum Gasteiger partial charge on any atom is -0.378 e. The van der Waals surface area contributed by atoms with Crippen molar-refractivity contribution < 1.29 is 9.47 Å². The Morgan fingerprint density at radius 2 is 2.00 bits per heavy atom. The number of aromatic nitrogens is 2. The molecule has 0 bridgehead atoms. The van der Waals surface area contributed by atoms with E-state index in [1.54, 1.807) is 0 Å². The molecule has 1 aromatic heterocycles. The maximum Gasteiger partial charge on any atom is 0.131 e. The molecule has 0 saturated carbocycles. The first kappa shape index (κ1) is 17.7. The summed E-state index contributed by atoms with van der Waals surface area (Å²) >= 11 is 0. The van der Waals surface area contributed by atoms with Gasteiger partial charge in [-0.05, 0) is 25.2 Å². The smallest absolute Gasteiger partial charge is 0.131 e. The predicted octanol–water partition coefficient (Wildman–Crippen LogP) is 1.72. The molecule has 24 heavy (non-hydrogen) atoms. The van der Waals surface area contributed by atoms with Crippen LogP contribution in [0.1, 0.15) is 31.5 Å². The van der Waals surface area contributed by atoms with Gasteiger partial charge in [0.15, 0.2) is 0 Å². The van der Waals surface area contributed by atoms with Crippen LogP contribution in [0, 0.1) is 18.8 Å². The van der Waals surface area contributed by atoms with Gasteiger partial charge in [0.25, 0.3) is 0 Å². The maximum absolute atomic E-state index is 5.90. The molecule has 6 heteroatoms. The van der Waals surface area contributed by atoms with E-state index >= 15 is 0 Å². The van der Waals surface area contributed by atoms with Crippen molar-refractivity contribution in [1.29, 1.82) is 0 Å². The minimum atomic E-state index is 0.395. The zero-order valence-electron chi connectivity index (χ0n) is 15.5. The van der Waals surface area contributed by atoms with Crippen LogP contribution in [-0.4, -0.2) is 55.3 Å². The Hall–Kier alpha value is -1.11. The molecule has 0 aliphatic carbocycles. The van der Waals surface area contributed by atoms with Gasteiger partial charge in [0.2, 0.25) is 0 Å². The van der Waals surface area contributed by atoms with Crippen LogP contribution in [0.25, 0.3) is 0 Å². The molecule has 2 aliphatic rings. The quantitative estimate of drug-likeness (QED) is 0.857. The van der Waals surface area contributed by atoms with Gasteiger partial charge in [0.1, 0.15) is 5.82 Å². The molecule has 2 saturated heterocycles. The number of hydrogen-bond donors (Lipinski definition) is 1. The van der Waals surface area contributed by atoms with E-state index in [0.29, 0.717) is 17.9 Å². The summed E-state index contributed by atoms with van der Waals surface area (Å²) in [7, 11) is 2.04. The zero-order chi connectivity index (χ0) is 17.1. The topological polar surface area (TPSA) is 51.5 Å². The van der Waals surface area contributed by atoms with Gasteiger partial charge in [-0.2, -0.15) is 5.10 Å². The van der Waals surface area contributed by atoms with Crippen molar-refractivity contribution in [3.05, 3.63) is 11.3 Å². The fourth-order valence-electron chi connectivity index (χ4n) is 4.06. The third-order valence-corrected chi connectivity index (χ3v) is 5.25. The maximum atomic E-state index is 5.90. The lowest BCUT2D eigenvalue weighted by Gasteiger charge is -2.30. The van der Waals surface area contributed by atoms with Crippen LogP contribution in [0.5, 0.6) is 0 Å². The summed E-state index contributed by atoms with van der Waals surface area (Å²) in [6, 6.07) is 0. The van der Waals surface area contributed by atoms with Gasteiger partial charge < -0.3 is 19.7 Å². The first-order valence-corrected chi connectivity index (χ1v) is 9.25. The second-order valence-electron chi connectivity index (χ2n) is 7.37. The molecule has 0 spiro atoms. The highest BCUT2D eigenvalue weighted by Crippen LogP contribution is 2.27. The lowest BCUT2D eigenvalue weighted by Crippen LogP contribution is -2.38. The average Bonchev–Trinajstić information content (AvgIpc) is 3.13. The van der Waals surface area contributed by atoms with Gasteiger partial charge >= 0.3 is 0 Å². The fourth-order valence-corrected chi connectivity index (χ4v) is 4.06. The molecule has 6 nitrogen and oxygen atoms in total. The molecule has 1 aromatic rings. The first-order chi connectivity index (χ1) is 11.6. The molecule has 0 amide bonds. The molecule has 0 unspecified atom stereocenters. The molecule has 2 aliphatic heterocycles. The van der Waals surface area contributed by atoms with Crippen molar-refractivity contribution >= 4 is 5.82 Å². The largest absolute Gasteiger partial charge is 0.378 e. The summed E-state index contributed by atoms with van der Waals surface area (Å²) in [5.41, 5.74) is 2.44. The Bertz CT molecular complexity index is 537. The lowest BCUT2D eigenvalue weighted by molar-refractivity contribution is 0.0539. The van der Waals surface area contributed by atoms with E-state index in [9.17, 15) is 0 Å². The number of morpholine rings is 1. The van der Waals surface area contributed by atoms with Gasteiger partial charge in [0, 0.05) is 45.4 Å². The predicted molar refractivity (Wildman–Crippen MR) is 95.4 cm³/mol. The van der Waals surface area contributed by atoms with Gasteiger partial charge in [-0.1, -0.05) is 13.8 Å². The van der Waals surface area contributed by atoms with Gasteiger partial charge in [-0.3, -0.25) is 4.68 Å². The SMILES string of the molecule is Cc1nn(C)c(N2CCOCC2)c1CNC[C@H]1CCO[C@@H]1C(C)C. The Kier molecular flexibility index (Phi) is 5.79. The van der Waals surface area contributed by atoms with Gasteiger partial charge in [0.05, 0.1) is 25.0 Å². The normalized spacial score (nSPS) is 25.0. The molecule has 136 valence electrons. The molecule has 3 heterocycles. The highest BCUT2D eigenvalue weighted by Gasteiger charge is 2.30. The van der Waals surface area contributed by atoms with E-state index in [-0.39, 0.29) is 0 Å². The molecule has 2 atom stereocenters. The minimum absolute atomic E-state index is 0.395. The molecule has 0 aromatic carbocycles. The van der Waals surface area contributed by atoms with Crippen molar-refractivity contribution in [3.63, 3.8) is 0 Å². The number of nitrogens with one attached hydrogen (secondary N) is 1. The Morgan fingerprint density at radius 1 is 1.25 bits per heavy atom. The average molecular weight is 336 g/mol. The standard InChI is InChI=1S/C18H32N4O2/c1-13(2)17-15(5-8-24-17)11-19-12-16-14(3)20-21(4)18(16)22-6-9-23-10-7-22/h13,15,17,19H,5-12H2,1-4H3/t15-,17-/m1/s1. The van der Waals surface area contributed by atoms with Gasteiger partial charge in [-0.15, -0.1) is 0 Å². The molecule has 1 N–H and O–H groups in total. The van der Waals surface area contributed by atoms with E-state index in [0.717, 1.165) is 58.1 Å². The Balaban J connectivity index is 1.62. The molecule has 2 fully saturated rings. The number of ether oxygens (including phenoxy) is 2. The third kappa shape index (κ3) is 3.76. The van der Waals surface area contributed by atoms with Crippen LogP contribution < -0.4 is 10.2 Å². The third-order valence-electron chi connectivity index (χ3n) is 5.25. The van der Waals surface area contributed by atoms with E-state index in [2.05, 4.69) is 36.1 Å². The fraction of sp³-hybridized carbons (Fsp3) is 0.833. The van der Waals surface area contributed by atoms with Gasteiger partial charge in [-0.25, -0.2) is 0 Å². The monoisotopic (exact) mass is 336 g/mol. The van der Waals surface area contributed by atoms with Crippen molar-refractivity contribution in [2.24, 2.45) is 18.9 Å². The number of hydrogen-bond acceptors (Lipinski definition) is 5. The molecular weight excluding hydrogens is 304 g/mol. The number of rotatable bonds is 6. The van der Waals surface area contributed by atoms with E-state index in [1.807, 2.05) is 11.7 Å². The second kappa shape index (κ2) is 7.85. The highest BCUT2D eigenvalue weighted by molar-refractivity contribution is 5.50. The van der Waals surface area contributed by atoms with Crippen molar-refractivity contribution in [1.82, 2.24) is 15.1 Å². The number of nitrogens with zero attached hydrogens (tertiary/aromatic N) is 3. The van der Waals surface area contributed by atoms with Crippen LogP contribution >= 0.6 is 0 Å². The Labute approximate surface area is 145 Å². The van der Waals surface area contributed by atoms with E-state index < -0.39 is 0 Å². The van der Waals surface area contributed by atoms with Crippen molar-refractivity contribution in [2.75, 3.05) is 44.4 Å². The Morgan fingerprint density at radius 3 is 2.71 bits per heavy atom. The first-order valence-electron chi connectivity index (χ1n) is 9.25. The van der Waals surface area contributed by atoms with E-state index in [4.69, 9.17) is 9.47 Å². The summed E-state index contributed by atoms with van der Waals surface area (Å²) < 4.78 is 13.4. The zero-order valence-corrected chi connectivity index (χ0v) is 15.5. The van der Waals surface area contributed by atoms with Crippen LogP contribution in [0.4, 0.5) is 5.82 Å². The summed E-state index contributed by atoms with van der Waals surface area (Å²) in [5.74, 6) is 2.45.